The second-order valence-electron chi connectivity index (χ2n) is 5.74. The standard InChI is InChI=1S/C15H20N2O5S/c1-2-21-15(18)14-8-10-7-12(3-4-13(10)22-14)23(19,20)17-6-5-11(16)9-17/h3-4,7,11,14H,2,5-6,8-9,16H2,1H3/t11-,14?/m1/s1. The molecule has 2 aliphatic heterocycles. The summed E-state index contributed by atoms with van der Waals surface area (Å²) in [6.45, 7) is 2.78. The van der Waals surface area contributed by atoms with Gasteiger partial charge in [0.15, 0.2) is 6.10 Å². The molecule has 1 fully saturated rings. The van der Waals surface area contributed by atoms with Crippen molar-refractivity contribution in [1.82, 2.24) is 4.31 Å². The molecule has 7 nitrogen and oxygen atoms in total. The first-order valence-corrected chi connectivity index (χ1v) is 9.07. The minimum absolute atomic E-state index is 0.115. The van der Waals surface area contributed by atoms with Gasteiger partial charge in [0.1, 0.15) is 5.75 Å². The van der Waals surface area contributed by atoms with E-state index in [1.165, 1.54) is 10.4 Å². The van der Waals surface area contributed by atoms with Gasteiger partial charge in [-0.2, -0.15) is 4.31 Å². The van der Waals surface area contributed by atoms with E-state index >= 15 is 0 Å². The first-order valence-electron chi connectivity index (χ1n) is 7.63. The molecule has 0 radical (unpaired) electrons. The zero-order valence-corrected chi connectivity index (χ0v) is 13.7. The molecule has 2 aliphatic rings. The van der Waals surface area contributed by atoms with Crippen molar-refractivity contribution in [2.45, 2.75) is 36.8 Å². The van der Waals surface area contributed by atoms with Crippen molar-refractivity contribution in [3.8, 4) is 5.75 Å². The summed E-state index contributed by atoms with van der Waals surface area (Å²) in [5, 5.41) is 0. The summed E-state index contributed by atoms with van der Waals surface area (Å²) in [5.41, 5.74) is 6.49. The summed E-state index contributed by atoms with van der Waals surface area (Å²) in [4.78, 5) is 12.0. The van der Waals surface area contributed by atoms with Gasteiger partial charge in [-0.1, -0.05) is 0 Å². The largest absolute Gasteiger partial charge is 0.478 e. The van der Waals surface area contributed by atoms with Gasteiger partial charge in [-0.3, -0.25) is 0 Å². The number of benzene rings is 1. The van der Waals surface area contributed by atoms with E-state index < -0.39 is 22.1 Å². The number of carbonyl (C=O) groups excluding carboxylic acids is 1. The highest BCUT2D eigenvalue weighted by molar-refractivity contribution is 7.89. The van der Waals surface area contributed by atoms with Crippen LogP contribution in [0.15, 0.2) is 23.1 Å². The van der Waals surface area contributed by atoms with Crippen LogP contribution in [0.1, 0.15) is 18.9 Å². The minimum Gasteiger partial charge on any atom is -0.478 e. The second kappa shape index (κ2) is 6.10. The predicted molar refractivity (Wildman–Crippen MR) is 82.5 cm³/mol. The van der Waals surface area contributed by atoms with E-state index in [0.29, 0.717) is 37.2 Å². The van der Waals surface area contributed by atoms with Gasteiger partial charge in [-0.25, -0.2) is 13.2 Å². The number of carbonyl (C=O) groups is 1. The fourth-order valence-electron chi connectivity index (χ4n) is 2.87. The molecule has 2 N–H and O–H groups in total. The van der Waals surface area contributed by atoms with Gasteiger partial charge >= 0.3 is 5.97 Å². The predicted octanol–water partition coefficient (Wildman–Crippen LogP) is 0.275. The highest BCUT2D eigenvalue weighted by Crippen LogP contribution is 2.32. The molecule has 3 rings (SSSR count). The lowest BCUT2D eigenvalue weighted by atomic mass is 10.1. The summed E-state index contributed by atoms with van der Waals surface area (Å²) in [5.74, 6) is 0.0961. The molecule has 0 amide bonds. The Hall–Kier alpha value is -1.64. The maximum Gasteiger partial charge on any atom is 0.347 e. The summed E-state index contributed by atoms with van der Waals surface area (Å²) in [6, 6.07) is 4.56. The number of sulfonamides is 1. The molecule has 1 aromatic carbocycles. The number of nitrogens with zero attached hydrogens (tertiary/aromatic N) is 1. The van der Waals surface area contributed by atoms with Crippen molar-refractivity contribution in [2.75, 3.05) is 19.7 Å². The Balaban J connectivity index is 1.81. The lowest BCUT2D eigenvalue weighted by Gasteiger charge is -2.16. The summed E-state index contributed by atoms with van der Waals surface area (Å²) in [6.07, 6.45) is 0.276. The van der Waals surface area contributed by atoms with E-state index in [9.17, 15) is 13.2 Å². The number of nitrogens with two attached hydrogens (primary N) is 1. The average molecular weight is 340 g/mol. The lowest BCUT2D eigenvalue weighted by molar-refractivity contribution is -0.150. The minimum atomic E-state index is -3.56. The fraction of sp³-hybridized carbons (Fsp3) is 0.533. The monoisotopic (exact) mass is 340 g/mol. The highest BCUT2D eigenvalue weighted by atomic mass is 32.2. The molecule has 1 saturated heterocycles. The fourth-order valence-corrected chi connectivity index (χ4v) is 4.44. The Morgan fingerprint density at radius 1 is 1.48 bits per heavy atom. The molecule has 0 aromatic heterocycles. The van der Waals surface area contributed by atoms with Crippen LogP contribution in [0.5, 0.6) is 5.75 Å². The molecule has 126 valence electrons. The molecule has 23 heavy (non-hydrogen) atoms. The van der Waals surface area contributed by atoms with Crippen LogP contribution in [-0.4, -0.2) is 50.5 Å². The van der Waals surface area contributed by atoms with Crippen LogP contribution in [0.2, 0.25) is 0 Å². The van der Waals surface area contributed by atoms with E-state index in [1.807, 2.05) is 0 Å². The topological polar surface area (TPSA) is 98.9 Å². The number of esters is 1. The summed E-state index contributed by atoms with van der Waals surface area (Å²) >= 11 is 0. The third-order valence-corrected chi connectivity index (χ3v) is 5.94. The molecule has 2 heterocycles. The average Bonchev–Trinajstić information content (AvgIpc) is 3.12. The summed E-state index contributed by atoms with van der Waals surface area (Å²) in [7, 11) is -3.56. The Bertz CT molecular complexity index is 719. The van der Waals surface area contributed by atoms with E-state index in [2.05, 4.69) is 0 Å². The van der Waals surface area contributed by atoms with Gasteiger partial charge < -0.3 is 15.2 Å². The van der Waals surface area contributed by atoms with E-state index in [4.69, 9.17) is 15.2 Å². The van der Waals surface area contributed by atoms with Gasteiger partial charge in [-0.05, 0) is 37.1 Å². The molecular formula is C15H20N2O5S. The normalized spacial score (nSPS) is 24.3. The van der Waals surface area contributed by atoms with Crippen LogP contribution in [0.3, 0.4) is 0 Å². The molecular weight excluding hydrogens is 320 g/mol. The van der Waals surface area contributed by atoms with Gasteiger partial charge in [0.05, 0.1) is 11.5 Å². The van der Waals surface area contributed by atoms with Crippen molar-refractivity contribution < 1.29 is 22.7 Å². The van der Waals surface area contributed by atoms with Crippen LogP contribution in [0, 0.1) is 0 Å². The van der Waals surface area contributed by atoms with Gasteiger partial charge in [-0.15, -0.1) is 0 Å². The smallest absolute Gasteiger partial charge is 0.347 e. The van der Waals surface area contributed by atoms with Crippen molar-refractivity contribution in [1.29, 1.82) is 0 Å². The Morgan fingerprint density at radius 3 is 2.91 bits per heavy atom. The molecule has 0 bridgehead atoms. The maximum atomic E-state index is 12.6. The first kappa shape index (κ1) is 16.2. The third kappa shape index (κ3) is 3.06. The van der Waals surface area contributed by atoms with Crippen LogP contribution in [0.4, 0.5) is 0 Å². The first-order chi connectivity index (χ1) is 10.9. The van der Waals surface area contributed by atoms with Crippen LogP contribution in [-0.2, 0) is 26.0 Å². The van der Waals surface area contributed by atoms with Gasteiger partial charge in [0, 0.05) is 25.6 Å². The van der Waals surface area contributed by atoms with Crippen molar-refractivity contribution in [3.63, 3.8) is 0 Å². The van der Waals surface area contributed by atoms with Crippen molar-refractivity contribution in [3.05, 3.63) is 23.8 Å². The van der Waals surface area contributed by atoms with Gasteiger partial charge in [0.25, 0.3) is 0 Å². The van der Waals surface area contributed by atoms with Crippen molar-refractivity contribution in [2.24, 2.45) is 5.73 Å². The molecule has 0 spiro atoms. The Kier molecular flexibility index (Phi) is 4.31. The van der Waals surface area contributed by atoms with Crippen LogP contribution in [0.25, 0.3) is 0 Å². The third-order valence-electron chi connectivity index (χ3n) is 4.08. The van der Waals surface area contributed by atoms with Gasteiger partial charge in [0.2, 0.25) is 10.0 Å². The number of fused-ring (bicyclic) bond motifs is 1. The molecule has 1 unspecified atom stereocenters. The zero-order valence-electron chi connectivity index (χ0n) is 12.9. The zero-order chi connectivity index (χ0) is 16.6. The number of hydrogen-bond acceptors (Lipinski definition) is 6. The molecule has 0 saturated carbocycles. The highest BCUT2D eigenvalue weighted by Gasteiger charge is 2.34. The van der Waals surface area contributed by atoms with Crippen molar-refractivity contribution >= 4 is 16.0 Å². The maximum absolute atomic E-state index is 12.6. The Labute approximate surface area is 135 Å². The number of hydrogen-bond donors (Lipinski definition) is 1. The molecule has 8 heteroatoms. The van der Waals surface area contributed by atoms with E-state index in [-0.39, 0.29) is 17.5 Å². The second-order valence-corrected chi connectivity index (χ2v) is 7.68. The molecule has 0 aliphatic carbocycles. The summed E-state index contributed by atoms with van der Waals surface area (Å²) < 4.78 is 37.1. The lowest BCUT2D eigenvalue weighted by Crippen LogP contribution is -2.32. The SMILES string of the molecule is CCOC(=O)C1Cc2cc(S(=O)(=O)N3CC[C@@H](N)C3)ccc2O1. The quantitative estimate of drug-likeness (QED) is 0.790. The Morgan fingerprint density at radius 2 is 2.26 bits per heavy atom. The molecule has 2 atom stereocenters. The number of rotatable bonds is 4. The van der Waals surface area contributed by atoms with E-state index in [1.54, 1.807) is 19.1 Å². The van der Waals surface area contributed by atoms with Crippen LogP contribution >= 0.6 is 0 Å². The van der Waals surface area contributed by atoms with Crippen LogP contribution < -0.4 is 10.5 Å². The molecule has 1 aromatic rings. The number of ether oxygens (including phenoxy) is 2. The van der Waals surface area contributed by atoms with E-state index in [0.717, 1.165) is 0 Å².